The standard InChI is InChI=1S/C32H67N2O6P/c1-6-8-10-12-14-16-18-19-21-23-25-31(35)30(29-40-41(37,38)39-28-27-34(3,4)5)33-32(36)26-24-22-20-17-15-13-11-9-7-2/h30-31,35H,6-29H2,1-5H3,(H-,33,36,37,38)/p+1/t30-,31+/m0/s1. The van der Waals surface area contributed by atoms with Crippen molar-refractivity contribution in [2.45, 2.75) is 161 Å². The van der Waals surface area contributed by atoms with Gasteiger partial charge in [0, 0.05) is 6.42 Å². The van der Waals surface area contributed by atoms with Gasteiger partial charge in [0.05, 0.1) is 39.9 Å². The molecule has 0 fully saturated rings. The van der Waals surface area contributed by atoms with Crippen LogP contribution in [0.4, 0.5) is 0 Å². The molecule has 0 aliphatic heterocycles. The van der Waals surface area contributed by atoms with E-state index in [2.05, 4.69) is 19.2 Å². The summed E-state index contributed by atoms with van der Waals surface area (Å²) in [4.78, 5) is 22.8. The lowest BCUT2D eigenvalue weighted by molar-refractivity contribution is -0.870. The van der Waals surface area contributed by atoms with Gasteiger partial charge in [-0.3, -0.25) is 13.8 Å². The van der Waals surface area contributed by atoms with E-state index >= 15 is 0 Å². The molecule has 0 aliphatic rings. The number of hydrogen-bond donors (Lipinski definition) is 3. The number of quaternary nitrogens is 1. The fourth-order valence-corrected chi connectivity index (χ4v) is 5.54. The Morgan fingerprint density at radius 2 is 1.17 bits per heavy atom. The highest BCUT2D eigenvalue weighted by atomic mass is 31.2. The van der Waals surface area contributed by atoms with Crippen LogP contribution in [0.3, 0.4) is 0 Å². The molecule has 0 saturated carbocycles. The molecule has 1 amide bonds. The largest absolute Gasteiger partial charge is 0.472 e. The molecule has 0 spiro atoms. The molecular formula is C32H68N2O6P+. The van der Waals surface area contributed by atoms with Crippen LogP contribution in [-0.2, 0) is 18.4 Å². The van der Waals surface area contributed by atoms with E-state index in [9.17, 15) is 19.4 Å². The van der Waals surface area contributed by atoms with Crippen molar-refractivity contribution in [2.24, 2.45) is 0 Å². The summed E-state index contributed by atoms with van der Waals surface area (Å²) in [7, 11) is 1.62. The lowest BCUT2D eigenvalue weighted by Crippen LogP contribution is -2.46. The molecule has 3 N–H and O–H groups in total. The van der Waals surface area contributed by atoms with Crippen LogP contribution in [0.25, 0.3) is 0 Å². The molecule has 8 nitrogen and oxygen atoms in total. The van der Waals surface area contributed by atoms with Gasteiger partial charge in [0.15, 0.2) is 0 Å². The van der Waals surface area contributed by atoms with E-state index in [1.165, 1.54) is 83.5 Å². The Kier molecular flexibility index (Phi) is 25.6. The van der Waals surface area contributed by atoms with Crippen LogP contribution in [0.1, 0.15) is 149 Å². The van der Waals surface area contributed by atoms with Crippen molar-refractivity contribution >= 4 is 13.7 Å². The van der Waals surface area contributed by atoms with E-state index in [-0.39, 0.29) is 19.1 Å². The minimum Gasteiger partial charge on any atom is -0.391 e. The Bertz CT molecular complexity index is 659. The number of carbonyl (C=O) groups excluding carboxylic acids is 1. The first-order valence-electron chi connectivity index (χ1n) is 16.9. The van der Waals surface area contributed by atoms with Gasteiger partial charge in [-0.2, -0.15) is 0 Å². The maximum absolute atomic E-state index is 12.7. The Morgan fingerprint density at radius 1 is 0.732 bits per heavy atom. The van der Waals surface area contributed by atoms with Crippen LogP contribution in [0.2, 0.25) is 0 Å². The number of unbranched alkanes of at least 4 members (excludes halogenated alkanes) is 17. The predicted octanol–water partition coefficient (Wildman–Crippen LogP) is 7.90. The number of phosphoric acid groups is 1. The minimum atomic E-state index is -4.29. The van der Waals surface area contributed by atoms with E-state index in [1.54, 1.807) is 0 Å². The van der Waals surface area contributed by atoms with E-state index in [0.29, 0.717) is 23.9 Å². The Hall–Kier alpha value is -0.500. The summed E-state index contributed by atoms with van der Waals surface area (Å²) in [5, 5.41) is 13.8. The van der Waals surface area contributed by atoms with Gasteiger partial charge in [-0.15, -0.1) is 0 Å². The highest BCUT2D eigenvalue weighted by Gasteiger charge is 2.28. The average Bonchev–Trinajstić information content (AvgIpc) is 2.90. The summed E-state index contributed by atoms with van der Waals surface area (Å²) in [6.07, 6.45) is 22.7. The minimum absolute atomic E-state index is 0.0774. The number of likely N-dealkylation sites (N-methyl/N-ethyl adjacent to an activating group) is 1. The van der Waals surface area contributed by atoms with Crippen molar-refractivity contribution in [3.63, 3.8) is 0 Å². The lowest BCUT2D eigenvalue weighted by atomic mass is 10.0. The highest BCUT2D eigenvalue weighted by molar-refractivity contribution is 7.47. The maximum atomic E-state index is 12.7. The monoisotopic (exact) mass is 607 g/mol. The van der Waals surface area contributed by atoms with Gasteiger partial charge in [0.25, 0.3) is 0 Å². The molecule has 0 radical (unpaired) electrons. The first kappa shape index (κ1) is 40.5. The molecule has 246 valence electrons. The number of carbonyl (C=O) groups is 1. The topological polar surface area (TPSA) is 105 Å². The molecular weight excluding hydrogens is 539 g/mol. The van der Waals surface area contributed by atoms with Gasteiger partial charge in [0.1, 0.15) is 13.2 Å². The number of rotatable bonds is 30. The molecule has 0 aromatic rings. The van der Waals surface area contributed by atoms with E-state index in [1.807, 2.05) is 21.1 Å². The Balaban J connectivity index is 4.55. The Labute approximate surface area is 253 Å². The fraction of sp³-hybridized carbons (Fsp3) is 0.969. The van der Waals surface area contributed by atoms with Crippen LogP contribution in [-0.4, -0.2) is 73.4 Å². The van der Waals surface area contributed by atoms with Crippen LogP contribution in [0, 0.1) is 0 Å². The summed E-state index contributed by atoms with van der Waals surface area (Å²) in [5.74, 6) is -0.151. The van der Waals surface area contributed by atoms with Crippen molar-refractivity contribution in [3.8, 4) is 0 Å². The normalized spacial score (nSPS) is 15.0. The van der Waals surface area contributed by atoms with Crippen molar-refractivity contribution < 1.29 is 32.9 Å². The van der Waals surface area contributed by atoms with Crippen molar-refractivity contribution in [1.82, 2.24) is 5.32 Å². The zero-order valence-electron chi connectivity index (χ0n) is 27.5. The first-order chi connectivity index (χ1) is 19.5. The number of nitrogens with zero attached hydrogens (tertiary/aromatic N) is 1. The summed E-state index contributed by atoms with van der Waals surface area (Å²) < 4.78 is 23.4. The molecule has 1 unspecified atom stereocenters. The Morgan fingerprint density at radius 3 is 1.63 bits per heavy atom. The summed E-state index contributed by atoms with van der Waals surface area (Å²) in [6, 6.07) is -0.748. The summed E-state index contributed by atoms with van der Waals surface area (Å²) in [5.41, 5.74) is 0. The van der Waals surface area contributed by atoms with Gasteiger partial charge in [0.2, 0.25) is 5.91 Å². The fourth-order valence-electron chi connectivity index (χ4n) is 4.81. The molecule has 0 rings (SSSR count). The lowest BCUT2D eigenvalue weighted by Gasteiger charge is -2.26. The van der Waals surface area contributed by atoms with Crippen LogP contribution in [0.15, 0.2) is 0 Å². The zero-order chi connectivity index (χ0) is 30.8. The molecule has 0 bridgehead atoms. The zero-order valence-corrected chi connectivity index (χ0v) is 28.4. The number of aliphatic hydroxyl groups excluding tert-OH is 1. The van der Waals surface area contributed by atoms with Gasteiger partial charge in [-0.05, 0) is 12.8 Å². The number of amides is 1. The van der Waals surface area contributed by atoms with E-state index in [4.69, 9.17) is 9.05 Å². The quantitative estimate of drug-likeness (QED) is 0.0435. The number of phosphoric ester groups is 1. The van der Waals surface area contributed by atoms with Gasteiger partial charge < -0.3 is 19.8 Å². The van der Waals surface area contributed by atoms with Crippen LogP contribution in [0.5, 0.6) is 0 Å². The molecule has 0 saturated heterocycles. The maximum Gasteiger partial charge on any atom is 0.472 e. The van der Waals surface area contributed by atoms with E-state index in [0.717, 1.165) is 38.5 Å². The number of aliphatic hydroxyl groups is 1. The molecule has 41 heavy (non-hydrogen) atoms. The number of hydrogen-bond acceptors (Lipinski definition) is 5. The van der Waals surface area contributed by atoms with Gasteiger partial charge in [-0.1, -0.05) is 129 Å². The number of nitrogens with one attached hydrogen (secondary N) is 1. The third-order valence-corrected chi connectivity index (χ3v) is 8.59. The molecule has 0 aromatic heterocycles. The predicted molar refractivity (Wildman–Crippen MR) is 171 cm³/mol. The van der Waals surface area contributed by atoms with Crippen LogP contribution >= 0.6 is 7.82 Å². The molecule has 0 aromatic carbocycles. The SMILES string of the molecule is CCCCCCCCCCCC[C@@H](O)[C@H](COP(=O)(O)OCC[N+](C)(C)C)NC(=O)CCCCCCCCCCC. The van der Waals surface area contributed by atoms with Crippen molar-refractivity contribution in [1.29, 1.82) is 0 Å². The molecule has 0 heterocycles. The van der Waals surface area contributed by atoms with Crippen molar-refractivity contribution in [3.05, 3.63) is 0 Å². The first-order valence-corrected chi connectivity index (χ1v) is 18.4. The average molecular weight is 608 g/mol. The molecule has 0 aliphatic carbocycles. The molecule has 3 atom stereocenters. The van der Waals surface area contributed by atoms with Gasteiger partial charge >= 0.3 is 7.82 Å². The van der Waals surface area contributed by atoms with Crippen LogP contribution < -0.4 is 5.32 Å². The third-order valence-electron chi connectivity index (χ3n) is 7.61. The smallest absolute Gasteiger partial charge is 0.391 e. The van der Waals surface area contributed by atoms with Gasteiger partial charge in [-0.25, -0.2) is 4.57 Å². The second-order valence-corrected chi connectivity index (χ2v) is 14.4. The van der Waals surface area contributed by atoms with E-state index < -0.39 is 20.0 Å². The summed E-state index contributed by atoms with van der Waals surface area (Å²) in [6.45, 7) is 4.82. The third kappa shape index (κ3) is 28.1. The summed E-state index contributed by atoms with van der Waals surface area (Å²) >= 11 is 0. The second-order valence-electron chi connectivity index (χ2n) is 12.9. The second kappa shape index (κ2) is 25.9. The van der Waals surface area contributed by atoms with Crippen molar-refractivity contribution in [2.75, 3.05) is 40.9 Å². The highest BCUT2D eigenvalue weighted by Crippen LogP contribution is 2.43. The molecule has 9 heteroatoms.